The fourth-order valence-electron chi connectivity index (χ4n) is 7.60. The molecule has 0 rings (SSSR count). The van der Waals surface area contributed by atoms with E-state index in [2.05, 4.69) is 34.6 Å². The Labute approximate surface area is 355 Å². The van der Waals surface area contributed by atoms with Gasteiger partial charge in [-0.25, -0.2) is 0 Å². The van der Waals surface area contributed by atoms with Crippen LogP contribution in [0.4, 0.5) is 0 Å². The third-order valence-corrected chi connectivity index (χ3v) is 11.8. The summed E-state index contributed by atoms with van der Waals surface area (Å²) in [6.45, 7) is 11.4. The first kappa shape index (κ1) is 55.4. The van der Waals surface area contributed by atoms with Gasteiger partial charge in [0.25, 0.3) is 0 Å². The monoisotopic (exact) mass is 807 g/mol. The number of esters is 3. The van der Waals surface area contributed by atoms with E-state index in [0.717, 1.165) is 69.6 Å². The Morgan fingerprint density at radius 3 is 1.00 bits per heavy atom. The quantitative estimate of drug-likeness (QED) is 0.0346. The fraction of sp³-hybridized carbons (Fsp3) is 0.941. The summed E-state index contributed by atoms with van der Waals surface area (Å²) < 4.78 is 16.8. The van der Waals surface area contributed by atoms with Crippen LogP contribution < -0.4 is 0 Å². The molecule has 0 aliphatic rings. The molecular formula is C51H98O6. The second-order valence-electron chi connectivity index (χ2n) is 18.2. The smallest absolute Gasteiger partial charge is 0.306 e. The third-order valence-electron chi connectivity index (χ3n) is 11.8. The van der Waals surface area contributed by atoms with Crippen molar-refractivity contribution in [2.24, 2.45) is 11.8 Å². The number of hydrogen-bond donors (Lipinski definition) is 0. The summed E-state index contributed by atoms with van der Waals surface area (Å²) in [5.41, 5.74) is 0. The third kappa shape index (κ3) is 43.8. The van der Waals surface area contributed by atoms with Gasteiger partial charge >= 0.3 is 17.9 Å². The summed E-state index contributed by atoms with van der Waals surface area (Å²) in [5.74, 6) is 0.838. The van der Waals surface area contributed by atoms with Gasteiger partial charge in [-0.3, -0.25) is 14.4 Å². The van der Waals surface area contributed by atoms with Crippen LogP contribution in [0.3, 0.4) is 0 Å². The summed E-state index contributed by atoms with van der Waals surface area (Å²) in [6.07, 6.45) is 43.6. The van der Waals surface area contributed by atoms with E-state index in [4.69, 9.17) is 14.2 Å². The Morgan fingerprint density at radius 2 is 0.667 bits per heavy atom. The highest BCUT2D eigenvalue weighted by molar-refractivity contribution is 5.71. The molecule has 0 bridgehead atoms. The fourth-order valence-corrected chi connectivity index (χ4v) is 7.60. The van der Waals surface area contributed by atoms with Gasteiger partial charge in [0, 0.05) is 19.3 Å². The maximum absolute atomic E-state index is 12.8. The summed E-state index contributed by atoms with van der Waals surface area (Å²) in [5, 5.41) is 0. The SMILES string of the molecule is CCCCCCCCCCCCCCC(=O)O[C@@H](COC(=O)CCCCCCCCCCCCC(C)C)COC(=O)CCCCCCCCCCCCC(C)CC. The van der Waals surface area contributed by atoms with Gasteiger partial charge in [-0.1, -0.05) is 240 Å². The van der Waals surface area contributed by atoms with Gasteiger partial charge in [0.15, 0.2) is 6.10 Å². The molecule has 6 nitrogen and oxygen atoms in total. The maximum Gasteiger partial charge on any atom is 0.306 e. The molecule has 0 amide bonds. The lowest BCUT2D eigenvalue weighted by molar-refractivity contribution is -0.167. The van der Waals surface area contributed by atoms with Gasteiger partial charge in [0.1, 0.15) is 13.2 Å². The number of unbranched alkanes of at least 4 members (excludes halogenated alkanes) is 29. The van der Waals surface area contributed by atoms with Crippen molar-refractivity contribution in [2.75, 3.05) is 13.2 Å². The largest absolute Gasteiger partial charge is 0.462 e. The van der Waals surface area contributed by atoms with Crippen LogP contribution in [0.1, 0.15) is 279 Å². The van der Waals surface area contributed by atoms with Gasteiger partial charge in [0.2, 0.25) is 0 Å². The van der Waals surface area contributed by atoms with Crippen LogP contribution in [0.2, 0.25) is 0 Å². The summed E-state index contributed by atoms with van der Waals surface area (Å²) >= 11 is 0. The van der Waals surface area contributed by atoms with Gasteiger partial charge in [0.05, 0.1) is 0 Å². The first-order chi connectivity index (χ1) is 27.8. The molecule has 1 unspecified atom stereocenters. The van der Waals surface area contributed by atoms with Crippen LogP contribution in [0.25, 0.3) is 0 Å². The molecule has 6 heteroatoms. The highest BCUT2D eigenvalue weighted by Gasteiger charge is 2.19. The Kier molecular flexibility index (Phi) is 42.7. The van der Waals surface area contributed by atoms with Crippen molar-refractivity contribution in [3.8, 4) is 0 Å². The number of rotatable bonds is 45. The van der Waals surface area contributed by atoms with Crippen molar-refractivity contribution in [2.45, 2.75) is 285 Å². The standard InChI is InChI=1S/C51H98O6/c1-6-8-9-10-11-12-13-14-23-28-33-38-43-51(54)57-48(44-55-49(52)41-36-31-26-21-17-15-19-24-29-34-39-46(3)4)45-56-50(53)42-37-32-27-22-18-16-20-25-30-35-40-47(5)7-2/h46-48H,6-45H2,1-5H3/t47?,48-/m0/s1. The maximum atomic E-state index is 12.8. The van der Waals surface area contributed by atoms with Crippen LogP contribution in [0.15, 0.2) is 0 Å². The molecule has 57 heavy (non-hydrogen) atoms. The number of carbonyl (C=O) groups is 3. The molecule has 0 spiro atoms. The predicted octanol–water partition coefficient (Wildman–Crippen LogP) is 16.1. The summed E-state index contributed by atoms with van der Waals surface area (Å²) in [7, 11) is 0. The van der Waals surface area contributed by atoms with Gasteiger partial charge in [-0.05, 0) is 31.1 Å². The van der Waals surface area contributed by atoms with Gasteiger partial charge in [-0.2, -0.15) is 0 Å². The Balaban J connectivity index is 4.33. The predicted molar refractivity (Wildman–Crippen MR) is 243 cm³/mol. The molecule has 0 aromatic rings. The molecule has 0 radical (unpaired) electrons. The molecular weight excluding hydrogens is 709 g/mol. The van der Waals surface area contributed by atoms with E-state index in [1.165, 1.54) is 167 Å². The molecule has 338 valence electrons. The van der Waals surface area contributed by atoms with Crippen molar-refractivity contribution in [1.29, 1.82) is 0 Å². The minimum absolute atomic E-state index is 0.0641. The molecule has 0 aromatic heterocycles. The molecule has 0 N–H and O–H groups in total. The van der Waals surface area contributed by atoms with E-state index in [1.54, 1.807) is 0 Å². The van der Waals surface area contributed by atoms with Crippen molar-refractivity contribution in [3.05, 3.63) is 0 Å². The first-order valence-corrected chi connectivity index (χ1v) is 25.3. The Morgan fingerprint density at radius 1 is 0.368 bits per heavy atom. The summed E-state index contributed by atoms with van der Waals surface area (Å²) in [4.78, 5) is 37.9. The number of hydrogen-bond acceptors (Lipinski definition) is 6. The average molecular weight is 807 g/mol. The minimum atomic E-state index is -0.761. The topological polar surface area (TPSA) is 78.9 Å². The van der Waals surface area contributed by atoms with Crippen LogP contribution in [-0.4, -0.2) is 37.2 Å². The zero-order valence-electron chi connectivity index (χ0n) is 39.0. The second-order valence-corrected chi connectivity index (χ2v) is 18.2. The van der Waals surface area contributed by atoms with Crippen LogP contribution in [0.5, 0.6) is 0 Å². The zero-order chi connectivity index (χ0) is 41.9. The average Bonchev–Trinajstić information content (AvgIpc) is 3.19. The van der Waals surface area contributed by atoms with Crippen molar-refractivity contribution < 1.29 is 28.6 Å². The van der Waals surface area contributed by atoms with Crippen LogP contribution >= 0.6 is 0 Å². The molecule has 0 aliphatic carbocycles. The molecule has 0 saturated carbocycles. The van der Waals surface area contributed by atoms with Crippen molar-refractivity contribution in [3.63, 3.8) is 0 Å². The van der Waals surface area contributed by atoms with Crippen LogP contribution in [0, 0.1) is 11.8 Å². The van der Waals surface area contributed by atoms with Gasteiger partial charge < -0.3 is 14.2 Å². The lowest BCUT2D eigenvalue weighted by atomic mass is 9.99. The van der Waals surface area contributed by atoms with Crippen molar-refractivity contribution in [1.82, 2.24) is 0 Å². The molecule has 0 fully saturated rings. The summed E-state index contributed by atoms with van der Waals surface area (Å²) in [6, 6.07) is 0. The van der Waals surface area contributed by atoms with E-state index >= 15 is 0 Å². The zero-order valence-corrected chi connectivity index (χ0v) is 39.0. The number of ether oxygens (including phenoxy) is 3. The van der Waals surface area contributed by atoms with E-state index in [0.29, 0.717) is 19.3 Å². The minimum Gasteiger partial charge on any atom is -0.462 e. The molecule has 0 heterocycles. The molecule has 0 aliphatic heterocycles. The molecule has 2 atom stereocenters. The van der Waals surface area contributed by atoms with E-state index in [-0.39, 0.29) is 31.1 Å². The van der Waals surface area contributed by atoms with Crippen LogP contribution in [-0.2, 0) is 28.6 Å². The van der Waals surface area contributed by atoms with Gasteiger partial charge in [-0.15, -0.1) is 0 Å². The lowest BCUT2D eigenvalue weighted by Gasteiger charge is -2.18. The normalized spacial score (nSPS) is 12.5. The van der Waals surface area contributed by atoms with E-state index in [1.807, 2.05) is 0 Å². The van der Waals surface area contributed by atoms with E-state index < -0.39 is 6.10 Å². The first-order valence-electron chi connectivity index (χ1n) is 25.3. The Bertz CT molecular complexity index is 872. The second kappa shape index (κ2) is 44.0. The molecule has 0 saturated heterocycles. The van der Waals surface area contributed by atoms with E-state index in [9.17, 15) is 14.4 Å². The van der Waals surface area contributed by atoms with Crippen molar-refractivity contribution >= 4 is 17.9 Å². The Hall–Kier alpha value is -1.59. The highest BCUT2D eigenvalue weighted by Crippen LogP contribution is 2.18. The molecule has 0 aromatic carbocycles. The number of carbonyl (C=O) groups excluding carboxylic acids is 3. The highest BCUT2D eigenvalue weighted by atomic mass is 16.6. The lowest BCUT2D eigenvalue weighted by Crippen LogP contribution is -2.30.